The van der Waals surface area contributed by atoms with E-state index in [-0.39, 0.29) is 17.8 Å². The molecule has 1 aromatic heterocycles. The Labute approximate surface area is 227 Å². The third-order valence-electron chi connectivity index (χ3n) is 7.71. The molecule has 0 spiro atoms. The number of nitrogens with zero attached hydrogens (tertiary/aromatic N) is 2. The van der Waals surface area contributed by atoms with Crippen molar-refractivity contribution in [1.29, 1.82) is 0 Å². The Balaban J connectivity index is 1.35. The normalized spacial score (nSPS) is 17.9. The number of pyridine rings is 1. The van der Waals surface area contributed by atoms with Crippen molar-refractivity contribution in [2.75, 3.05) is 22.6 Å². The maximum absolute atomic E-state index is 12.7. The minimum absolute atomic E-state index is 0.158. The van der Waals surface area contributed by atoms with Crippen LogP contribution in [0.25, 0.3) is 10.8 Å². The molecule has 4 aromatic rings. The predicted molar refractivity (Wildman–Crippen MR) is 156 cm³/mol. The smallest absolute Gasteiger partial charge is 0.328 e. The first kappa shape index (κ1) is 26.4. The lowest BCUT2D eigenvalue weighted by Gasteiger charge is -2.32. The van der Waals surface area contributed by atoms with E-state index in [1.54, 1.807) is 0 Å². The number of hydrogen-bond acceptors (Lipinski definition) is 8. The number of carbonyl (C=O) groups excluding carboxylic acids is 1. The second kappa shape index (κ2) is 10.9. The van der Waals surface area contributed by atoms with Gasteiger partial charge in [0.2, 0.25) is 0 Å². The molecule has 8 heteroatoms. The molecule has 0 amide bonds. The van der Waals surface area contributed by atoms with Crippen LogP contribution in [0.5, 0.6) is 0 Å². The van der Waals surface area contributed by atoms with E-state index in [4.69, 9.17) is 9.72 Å². The summed E-state index contributed by atoms with van der Waals surface area (Å²) < 4.78 is 5.03. The molecule has 3 aromatic carbocycles. The van der Waals surface area contributed by atoms with E-state index in [9.17, 15) is 14.4 Å². The molecule has 39 heavy (non-hydrogen) atoms. The maximum atomic E-state index is 12.7. The molecule has 0 aliphatic carbocycles. The molecule has 2 heterocycles. The number of rotatable bonds is 9. The third kappa shape index (κ3) is 5.11. The minimum Gasteiger partial charge on any atom is -0.467 e. The number of esters is 1. The zero-order valence-corrected chi connectivity index (χ0v) is 22.8. The Hall–Kier alpha value is -4.20. The Morgan fingerprint density at radius 2 is 1.74 bits per heavy atom. The van der Waals surface area contributed by atoms with Gasteiger partial charge in [-0.25, -0.2) is 9.78 Å². The number of aromatic nitrogens is 1. The largest absolute Gasteiger partial charge is 0.467 e. The summed E-state index contributed by atoms with van der Waals surface area (Å²) in [5, 5.41) is 8.66. The number of hydrogen-bond donors (Lipinski definition) is 2. The number of methoxy groups -OCH3 is 1. The maximum Gasteiger partial charge on any atom is 0.328 e. The number of fused-ring (bicyclic) bond motifs is 1. The summed E-state index contributed by atoms with van der Waals surface area (Å²) in [5.74, 6) is 0.301. The van der Waals surface area contributed by atoms with Gasteiger partial charge in [0.1, 0.15) is 23.2 Å². The lowest BCUT2D eigenvalue weighted by molar-refractivity contribution is -0.141. The number of anilines is 4. The topological polar surface area (TPSA) is 101 Å². The summed E-state index contributed by atoms with van der Waals surface area (Å²) in [6, 6.07) is 17.5. The molecular weight excluding hydrogens is 492 g/mol. The fourth-order valence-electron chi connectivity index (χ4n) is 5.53. The van der Waals surface area contributed by atoms with E-state index in [1.165, 1.54) is 7.11 Å². The number of nitrogens with one attached hydrogen (secondary N) is 2. The molecule has 1 aliphatic rings. The van der Waals surface area contributed by atoms with Crippen LogP contribution in [0.2, 0.25) is 0 Å². The average Bonchev–Trinajstić information content (AvgIpc) is 3.28. The molecule has 2 unspecified atom stereocenters. The van der Waals surface area contributed by atoms with Crippen LogP contribution in [0.4, 0.5) is 22.9 Å². The first-order valence-electron chi connectivity index (χ1n) is 13.5. The monoisotopic (exact) mass is 526 g/mol. The van der Waals surface area contributed by atoms with Crippen LogP contribution in [0.15, 0.2) is 64.2 Å². The van der Waals surface area contributed by atoms with Crippen molar-refractivity contribution in [3.8, 4) is 0 Å². The van der Waals surface area contributed by atoms with E-state index in [0.29, 0.717) is 12.1 Å². The van der Waals surface area contributed by atoms with E-state index >= 15 is 0 Å². The first-order valence-corrected chi connectivity index (χ1v) is 13.5. The summed E-state index contributed by atoms with van der Waals surface area (Å²) >= 11 is 0. The Kier molecular flexibility index (Phi) is 7.37. The lowest BCUT2D eigenvalue weighted by Crippen LogP contribution is -2.48. The summed E-state index contributed by atoms with van der Waals surface area (Å²) in [6.07, 6.45) is 3.04. The van der Waals surface area contributed by atoms with Crippen molar-refractivity contribution in [3.63, 3.8) is 0 Å². The number of ether oxygens (including phenoxy) is 1. The highest BCUT2D eigenvalue weighted by Crippen LogP contribution is 2.33. The third-order valence-corrected chi connectivity index (χ3v) is 7.71. The molecule has 202 valence electrons. The molecule has 0 bridgehead atoms. The second-order valence-electron chi connectivity index (χ2n) is 10.3. The molecule has 1 saturated heterocycles. The van der Waals surface area contributed by atoms with Crippen molar-refractivity contribution in [3.05, 3.63) is 86.3 Å². The standard InChI is InChI=1S/C31H34N4O4/c1-5-22-17-21-8-6-7-9-24(21)30(32-22)33-23-14-12-20(13-15-23)16-25(31(38)39-4)34-26-27(29(37)28(26)36)35-18(2)10-11-19(35)3/h6-9,12-15,17-19,25,34H,5,10-11,16H2,1-4H3,(H,32,33)/t18?,19?,25-/m0/s1. The summed E-state index contributed by atoms with van der Waals surface area (Å²) in [4.78, 5) is 44.5. The average molecular weight is 527 g/mol. The Morgan fingerprint density at radius 1 is 1.05 bits per heavy atom. The molecular formula is C31H34N4O4. The highest BCUT2D eigenvalue weighted by Gasteiger charge is 2.36. The van der Waals surface area contributed by atoms with E-state index in [1.807, 2.05) is 47.4 Å². The highest BCUT2D eigenvalue weighted by molar-refractivity contribution is 5.93. The van der Waals surface area contributed by atoms with E-state index in [0.717, 1.165) is 52.8 Å². The molecule has 5 rings (SSSR count). The fourth-order valence-corrected chi connectivity index (χ4v) is 5.53. The van der Waals surface area contributed by atoms with Gasteiger partial charge in [-0.05, 0) is 62.3 Å². The van der Waals surface area contributed by atoms with Crippen LogP contribution in [0, 0.1) is 0 Å². The zero-order valence-electron chi connectivity index (χ0n) is 22.8. The van der Waals surface area contributed by atoms with Crippen molar-refractivity contribution < 1.29 is 9.53 Å². The lowest BCUT2D eigenvalue weighted by atomic mass is 10.0. The van der Waals surface area contributed by atoms with Crippen LogP contribution in [0.3, 0.4) is 0 Å². The van der Waals surface area contributed by atoms with Gasteiger partial charge in [0.25, 0.3) is 10.9 Å². The van der Waals surface area contributed by atoms with Crippen molar-refractivity contribution in [2.24, 2.45) is 0 Å². The van der Waals surface area contributed by atoms with E-state index in [2.05, 4.69) is 43.5 Å². The quantitative estimate of drug-likeness (QED) is 0.239. The van der Waals surface area contributed by atoms with Gasteiger partial charge in [0.05, 0.1) is 7.11 Å². The SMILES string of the molecule is CCc1cc2ccccc2c(Nc2ccc(C[C@H](Nc3c(N4C(C)CCC4C)c(=O)c3=O)C(=O)OC)cc2)n1. The molecule has 8 nitrogen and oxygen atoms in total. The summed E-state index contributed by atoms with van der Waals surface area (Å²) in [6.45, 7) is 6.18. The predicted octanol–water partition coefficient (Wildman–Crippen LogP) is 4.71. The minimum atomic E-state index is -0.809. The highest BCUT2D eigenvalue weighted by atomic mass is 16.5. The molecule has 3 atom stereocenters. The zero-order chi connectivity index (χ0) is 27.7. The van der Waals surface area contributed by atoms with Gasteiger partial charge in [-0.15, -0.1) is 0 Å². The number of carbonyl (C=O) groups is 1. The van der Waals surface area contributed by atoms with Crippen molar-refractivity contribution in [1.82, 2.24) is 4.98 Å². The van der Waals surface area contributed by atoms with Crippen LogP contribution in [-0.4, -0.2) is 36.2 Å². The molecule has 2 N–H and O–H groups in total. The first-order chi connectivity index (χ1) is 18.8. The summed E-state index contributed by atoms with van der Waals surface area (Å²) in [7, 11) is 1.32. The van der Waals surface area contributed by atoms with Gasteiger partial charge < -0.3 is 20.3 Å². The summed E-state index contributed by atoms with van der Waals surface area (Å²) in [5.41, 5.74) is 2.28. The molecule has 0 radical (unpaired) electrons. The van der Waals surface area contributed by atoms with Crippen LogP contribution >= 0.6 is 0 Å². The second-order valence-corrected chi connectivity index (χ2v) is 10.3. The van der Waals surface area contributed by atoms with Gasteiger partial charge >= 0.3 is 5.97 Å². The number of aryl methyl sites for hydroxylation is 1. The molecule has 0 saturated carbocycles. The van der Waals surface area contributed by atoms with Crippen LogP contribution in [-0.2, 0) is 22.4 Å². The van der Waals surface area contributed by atoms with Gasteiger partial charge in [0.15, 0.2) is 0 Å². The van der Waals surface area contributed by atoms with Crippen LogP contribution < -0.4 is 26.4 Å². The van der Waals surface area contributed by atoms with Gasteiger partial charge in [-0.2, -0.15) is 0 Å². The van der Waals surface area contributed by atoms with Crippen LogP contribution in [0.1, 0.15) is 44.9 Å². The number of benzene rings is 2. The van der Waals surface area contributed by atoms with Gasteiger partial charge in [0, 0.05) is 35.3 Å². The van der Waals surface area contributed by atoms with Gasteiger partial charge in [-0.3, -0.25) is 9.59 Å². The molecule has 1 aliphatic heterocycles. The van der Waals surface area contributed by atoms with Crippen molar-refractivity contribution >= 4 is 39.6 Å². The van der Waals surface area contributed by atoms with E-state index < -0.39 is 22.9 Å². The fraction of sp³-hybridized carbons (Fsp3) is 0.355. The Morgan fingerprint density at radius 3 is 2.41 bits per heavy atom. The van der Waals surface area contributed by atoms with Crippen molar-refractivity contribution in [2.45, 2.75) is 64.6 Å². The Bertz CT molecular complexity index is 1560. The molecule has 1 fully saturated rings. The van der Waals surface area contributed by atoms with Gasteiger partial charge in [-0.1, -0.05) is 43.3 Å².